The number of alkyl halides is 5. The number of benzene rings is 3. The molecule has 5 nitrogen and oxygen atoms in total. The maximum absolute atomic E-state index is 16.2. The molecule has 230 valence electrons. The fourth-order valence-corrected chi connectivity index (χ4v) is 4.69. The van der Waals surface area contributed by atoms with E-state index in [0.29, 0.717) is 5.56 Å². The average molecular weight is 597 g/mol. The minimum Gasteiger partial charge on any atom is -0.491 e. The van der Waals surface area contributed by atoms with Gasteiger partial charge in [-0.3, -0.25) is 0 Å². The van der Waals surface area contributed by atoms with E-state index in [9.17, 15) is 23.4 Å². The number of aryl methyl sites for hydroxylation is 2. The van der Waals surface area contributed by atoms with E-state index in [-0.39, 0.29) is 47.0 Å². The van der Waals surface area contributed by atoms with Gasteiger partial charge in [0.15, 0.2) is 0 Å². The Morgan fingerprint density at radius 1 is 0.690 bits per heavy atom. The molecule has 0 aliphatic carbocycles. The van der Waals surface area contributed by atoms with Crippen molar-refractivity contribution in [3.63, 3.8) is 0 Å². The van der Waals surface area contributed by atoms with Crippen LogP contribution >= 0.6 is 0 Å². The third-order valence-corrected chi connectivity index (χ3v) is 7.29. The molecule has 10 heteroatoms. The second kappa shape index (κ2) is 12.6. The highest BCUT2D eigenvalue weighted by Gasteiger charge is 2.71. The summed E-state index contributed by atoms with van der Waals surface area (Å²) in [5.41, 5.74) is -3.89. The zero-order valence-corrected chi connectivity index (χ0v) is 24.2. The number of aliphatic hydroxyl groups excluding tert-OH is 3. The topological polar surface area (TPSA) is 79.2 Å². The van der Waals surface area contributed by atoms with Gasteiger partial charge >= 0.3 is 12.1 Å². The Balaban J connectivity index is 2.27. The fraction of sp³-hybridized carbons (Fsp3) is 0.438. The Labute approximate surface area is 242 Å². The van der Waals surface area contributed by atoms with Gasteiger partial charge in [0.25, 0.3) is 0 Å². The van der Waals surface area contributed by atoms with Gasteiger partial charge in [-0.15, -0.1) is 0 Å². The first-order chi connectivity index (χ1) is 19.5. The number of hydrogen-bond donors (Lipinski definition) is 3. The largest absolute Gasteiger partial charge is 0.491 e. The lowest BCUT2D eigenvalue weighted by Gasteiger charge is -2.43. The van der Waals surface area contributed by atoms with Crippen molar-refractivity contribution in [2.24, 2.45) is 5.41 Å². The molecule has 0 heterocycles. The summed E-state index contributed by atoms with van der Waals surface area (Å²) in [4.78, 5) is 0. The summed E-state index contributed by atoms with van der Waals surface area (Å²) in [5, 5.41) is 29.0. The summed E-state index contributed by atoms with van der Waals surface area (Å²) < 4.78 is 86.9. The quantitative estimate of drug-likeness (QED) is 0.178. The molecule has 3 aromatic rings. The molecule has 3 rings (SSSR count). The molecule has 0 aromatic heterocycles. The van der Waals surface area contributed by atoms with Gasteiger partial charge in [-0.2, -0.15) is 22.0 Å². The Hall–Kier alpha value is -3.21. The smallest absolute Gasteiger partial charge is 0.454 e. The Morgan fingerprint density at radius 3 is 1.57 bits per heavy atom. The van der Waals surface area contributed by atoms with Gasteiger partial charge < -0.3 is 24.8 Å². The van der Waals surface area contributed by atoms with Gasteiger partial charge in [-0.05, 0) is 59.2 Å². The minimum atomic E-state index is -5.95. The summed E-state index contributed by atoms with van der Waals surface area (Å²) >= 11 is 0. The van der Waals surface area contributed by atoms with Gasteiger partial charge in [-0.25, -0.2) is 0 Å². The number of aliphatic hydroxyl groups is 3. The maximum Gasteiger partial charge on any atom is 0.454 e. The Kier molecular flexibility index (Phi) is 9.96. The van der Waals surface area contributed by atoms with Crippen LogP contribution in [0.3, 0.4) is 0 Å². The van der Waals surface area contributed by atoms with E-state index in [0.717, 1.165) is 6.07 Å². The summed E-state index contributed by atoms with van der Waals surface area (Å²) in [7, 11) is 0. The third kappa shape index (κ3) is 6.55. The van der Waals surface area contributed by atoms with Crippen molar-refractivity contribution in [2.75, 3.05) is 19.8 Å². The van der Waals surface area contributed by atoms with Crippen LogP contribution in [0.2, 0.25) is 0 Å². The van der Waals surface area contributed by atoms with Crippen LogP contribution in [0.1, 0.15) is 48.6 Å². The van der Waals surface area contributed by atoms with Gasteiger partial charge in [0.1, 0.15) is 36.2 Å². The van der Waals surface area contributed by atoms with E-state index < -0.39 is 41.7 Å². The number of hydrogen-bond acceptors (Lipinski definition) is 5. The van der Waals surface area contributed by atoms with Crippen LogP contribution in [0.5, 0.6) is 11.5 Å². The van der Waals surface area contributed by atoms with E-state index in [2.05, 4.69) is 0 Å². The van der Waals surface area contributed by atoms with Crippen molar-refractivity contribution in [2.45, 2.75) is 64.3 Å². The highest BCUT2D eigenvalue weighted by Crippen LogP contribution is 2.57. The molecular formula is C32H37F5O5. The zero-order valence-electron chi connectivity index (χ0n) is 24.2. The standard InChI is InChI=1S/C32H37F5O5/c1-20-15-23(11-13-26(20)41-18-25(39)17-38)30(22-9-7-6-8-10-22,31(33,34)32(35,36)37)24-12-14-27(21(2)16-24)42-19-28(40)29(3,4)5/h6-16,25,28,38-40H,17-19H2,1-5H3. The monoisotopic (exact) mass is 596 g/mol. The molecule has 3 atom stereocenters. The molecule has 42 heavy (non-hydrogen) atoms. The van der Waals surface area contributed by atoms with E-state index in [4.69, 9.17) is 14.6 Å². The van der Waals surface area contributed by atoms with E-state index in [1.54, 1.807) is 6.92 Å². The first-order valence-corrected chi connectivity index (χ1v) is 13.4. The van der Waals surface area contributed by atoms with E-state index >= 15 is 8.78 Å². The predicted molar refractivity (Wildman–Crippen MR) is 149 cm³/mol. The van der Waals surface area contributed by atoms with Crippen LogP contribution in [0.15, 0.2) is 66.7 Å². The van der Waals surface area contributed by atoms with Gasteiger partial charge in [0.05, 0.1) is 12.7 Å². The normalized spacial score (nSPS) is 15.5. The van der Waals surface area contributed by atoms with Crippen LogP contribution < -0.4 is 9.47 Å². The number of ether oxygens (including phenoxy) is 2. The van der Waals surface area contributed by atoms with Gasteiger partial charge in [-0.1, -0.05) is 75.4 Å². The lowest BCUT2D eigenvalue weighted by atomic mass is 9.64. The molecule has 0 saturated carbocycles. The molecule has 3 aromatic carbocycles. The summed E-state index contributed by atoms with van der Waals surface area (Å²) in [5.74, 6) is -4.90. The Bertz CT molecular complexity index is 1340. The second-order valence-corrected chi connectivity index (χ2v) is 11.5. The summed E-state index contributed by atoms with van der Waals surface area (Å²) in [6.45, 7) is 7.52. The molecule has 0 fully saturated rings. The first kappa shape index (κ1) is 33.3. The average Bonchev–Trinajstić information content (AvgIpc) is 2.91. The van der Waals surface area contributed by atoms with Crippen LogP contribution in [-0.2, 0) is 5.41 Å². The van der Waals surface area contributed by atoms with Crippen molar-refractivity contribution >= 4 is 0 Å². The molecule has 0 bridgehead atoms. The Morgan fingerprint density at radius 2 is 1.17 bits per heavy atom. The molecule has 0 saturated heterocycles. The summed E-state index contributed by atoms with van der Waals surface area (Å²) in [6.07, 6.45) is -8.00. The van der Waals surface area contributed by atoms with Crippen LogP contribution in [-0.4, -0.2) is 59.4 Å². The van der Waals surface area contributed by atoms with Crippen LogP contribution in [0.25, 0.3) is 0 Å². The molecule has 0 aliphatic heterocycles. The van der Waals surface area contributed by atoms with E-state index in [1.165, 1.54) is 67.6 Å². The molecule has 0 radical (unpaired) electrons. The van der Waals surface area contributed by atoms with Crippen molar-refractivity contribution in [1.29, 1.82) is 0 Å². The third-order valence-electron chi connectivity index (χ3n) is 7.29. The fourth-order valence-electron chi connectivity index (χ4n) is 4.69. The SMILES string of the molecule is Cc1cc(C(c2ccccc2)(c2ccc(OCC(O)C(C)(C)C)c(C)c2)C(F)(F)C(F)(F)F)ccc1OCC(O)CO. The number of rotatable bonds is 11. The molecule has 3 N–H and O–H groups in total. The zero-order chi connectivity index (χ0) is 31.5. The highest BCUT2D eigenvalue weighted by molar-refractivity contribution is 5.57. The molecule has 0 amide bonds. The van der Waals surface area contributed by atoms with Crippen LogP contribution in [0.4, 0.5) is 22.0 Å². The molecular weight excluding hydrogens is 559 g/mol. The van der Waals surface area contributed by atoms with Gasteiger partial charge in [0.2, 0.25) is 0 Å². The first-order valence-electron chi connectivity index (χ1n) is 13.4. The lowest BCUT2D eigenvalue weighted by Crippen LogP contribution is -2.56. The summed E-state index contributed by atoms with van der Waals surface area (Å²) in [6, 6.07) is 14.2. The van der Waals surface area contributed by atoms with Crippen LogP contribution in [0, 0.1) is 19.3 Å². The predicted octanol–water partition coefficient (Wildman–Crippen LogP) is 6.35. The molecule has 0 spiro atoms. The number of halogens is 5. The van der Waals surface area contributed by atoms with Crippen molar-refractivity contribution in [3.05, 3.63) is 94.5 Å². The molecule has 3 unspecified atom stereocenters. The maximum atomic E-state index is 16.2. The van der Waals surface area contributed by atoms with Crippen molar-refractivity contribution < 1.29 is 46.7 Å². The minimum absolute atomic E-state index is 0.0993. The van der Waals surface area contributed by atoms with Crippen molar-refractivity contribution in [1.82, 2.24) is 0 Å². The van der Waals surface area contributed by atoms with Gasteiger partial charge in [0, 0.05) is 0 Å². The van der Waals surface area contributed by atoms with E-state index in [1.807, 2.05) is 20.8 Å². The second-order valence-electron chi connectivity index (χ2n) is 11.5. The lowest BCUT2D eigenvalue weighted by molar-refractivity contribution is -0.299. The van der Waals surface area contributed by atoms with Crippen molar-refractivity contribution in [3.8, 4) is 11.5 Å². The molecule has 0 aliphatic rings. The highest BCUT2D eigenvalue weighted by atomic mass is 19.4.